The summed E-state index contributed by atoms with van der Waals surface area (Å²) in [5.74, 6) is 3.07. The second-order valence-corrected chi connectivity index (χ2v) is 5.52. The Hall–Kier alpha value is -1.88. The molecule has 1 aromatic carbocycles. The fourth-order valence-corrected chi connectivity index (χ4v) is 2.75. The molecule has 3 rings (SSSR count). The summed E-state index contributed by atoms with van der Waals surface area (Å²) in [6.45, 7) is 3.96. The second-order valence-electron chi connectivity index (χ2n) is 5.52. The van der Waals surface area contributed by atoms with E-state index >= 15 is 0 Å². The van der Waals surface area contributed by atoms with Gasteiger partial charge in [-0.1, -0.05) is 12.1 Å². The fraction of sp³-hybridized carbons (Fsp3) is 0.500. The van der Waals surface area contributed by atoms with Gasteiger partial charge in [-0.25, -0.2) is 0 Å². The van der Waals surface area contributed by atoms with Crippen LogP contribution in [-0.2, 0) is 19.5 Å². The van der Waals surface area contributed by atoms with Crippen molar-refractivity contribution < 1.29 is 4.74 Å². The molecule has 0 saturated carbocycles. The minimum absolute atomic E-state index is 0.271. The number of rotatable bonds is 5. The molecular formula is C16H22N4O. The van der Waals surface area contributed by atoms with E-state index in [9.17, 15) is 0 Å². The van der Waals surface area contributed by atoms with Gasteiger partial charge in [-0.05, 0) is 37.5 Å². The molecule has 0 bridgehead atoms. The van der Waals surface area contributed by atoms with E-state index in [1.165, 1.54) is 18.4 Å². The van der Waals surface area contributed by atoms with Gasteiger partial charge in [-0.3, -0.25) is 0 Å². The number of aryl methyl sites for hydroxylation is 1. The van der Waals surface area contributed by atoms with E-state index in [2.05, 4.69) is 39.1 Å². The lowest BCUT2D eigenvalue weighted by Crippen LogP contribution is -2.22. The summed E-state index contributed by atoms with van der Waals surface area (Å²) >= 11 is 0. The third-order valence-electron chi connectivity index (χ3n) is 4.12. The number of ether oxygens (including phenoxy) is 1. The topological polar surface area (TPSA) is 52.0 Å². The van der Waals surface area contributed by atoms with Crippen molar-refractivity contribution in [2.75, 3.05) is 7.11 Å². The Morgan fingerprint density at radius 3 is 2.81 bits per heavy atom. The molecule has 0 fully saturated rings. The lowest BCUT2D eigenvalue weighted by atomic mass is 10.1. The zero-order valence-electron chi connectivity index (χ0n) is 12.7. The molecule has 5 nitrogen and oxygen atoms in total. The molecule has 21 heavy (non-hydrogen) atoms. The van der Waals surface area contributed by atoms with Gasteiger partial charge in [0, 0.05) is 19.0 Å². The van der Waals surface area contributed by atoms with Crippen LogP contribution in [0.1, 0.15) is 43.0 Å². The average Bonchev–Trinajstić information content (AvgIpc) is 2.96. The van der Waals surface area contributed by atoms with Crippen LogP contribution in [0.5, 0.6) is 5.75 Å². The summed E-state index contributed by atoms with van der Waals surface area (Å²) in [6, 6.07) is 8.44. The van der Waals surface area contributed by atoms with Gasteiger partial charge in [0.25, 0.3) is 0 Å². The van der Waals surface area contributed by atoms with Gasteiger partial charge in [0.05, 0.1) is 13.7 Å². The van der Waals surface area contributed by atoms with Crippen LogP contribution < -0.4 is 10.1 Å². The molecule has 0 spiro atoms. The first-order valence-corrected chi connectivity index (χ1v) is 7.56. The average molecular weight is 286 g/mol. The summed E-state index contributed by atoms with van der Waals surface area (Å²) < 4.78 is 7.45. The summed E-state index contributed by atoms with van der Waals surface area (Å²) in [5.41, 5.74) is 1.24. The standard InChI is InChI=1S/C16H22N4O/c1-12(13-6-8-14(21-2)9-7-13)17-11-16-19-18-15-5-3-4-10-20(15)16/h6-9,12,17H,3-5,10-11H2,1-2H3. The van der Waals surface area contributed by atoms with Gasteiger partial charge < -0.3 is 14.6 Å². The van der Waals surface area contributed by atoms with Crippen LogP contribution in [0.4, 0.5) is 0 Å². The van der Waals surface area contributed by atoms with Crippen LogP contribution in [0, 0.1) is 0 Å². The Morgan fingerprint density at radius 1 is 1.24 bits per heavy atom. The summed E-state index contributed by atoms with van der Waals surface area (Å²) in [7, 11) is 1.69. The molecule has 1 N–H and O–H groups in total. The van der Waals surface area contributed by atoms with E-state index in [0.717, 1.165) is 36.9 Å². The fourth-order valence-electron chi connectivity index (χ4n) is 2.75. The predicted octanol–water partition coefficient (Wildman–Crippen LogP) is 2.47. The van der Waals surface area contributed by atoms with Crippen LogP contribution >= 0.6 is 0 Å². The van der Waals surface area contributed by atoms with Crippen molar-refractivity contribution in [1.82, 2.24) is 20.1 Å². The zero-order chi connectivity index (χ0) is 14.7. The van der Waals surface area contributed by atoms with Crippen molar-refractivity contribution in [1.29, 1.82) is 0 Å². The van der Waals surface area contributed by atoms with Crippen molar-refractivity contribution in [2.24, 2.45) is 0 Å². The van der Waals surface area contributed by atoms with Gasteiger partial charge in [-0.2, -0.15) is 0 Å². The first-order valence-electron chi connectivity index (χ1n) is 7.56. The maximum absolute atomic E-state index is 5.19. The maximum atomic E-state index is 5.19. The number of nitrogens with one attached hydrogen (secondary N) is 1. The highest BCUT2D eigenvalue weighted by Gasteiger charge is 2.16. The molecule has 0 amide bonds. The van der Waals surface area contributed by atoms with Crippen LogP contribution in [0.15, 0.2) is 24.3 Å². The summed E-state index contributed by atoms with van der Waals surface area (Å²) in [4.78, 5) is 0. The molecule has 1 aromatic heterocycles. The third kappa shape index (κ3) is 3.08. The summed E-state index contributed by atoms with van der Waals surface area (Å²) in [6.07, 6.45) is 3.51. The number of aromatic nitrogens is 3. The van der Waals surface area contributed by atoms with Crippen molar-refractivity contribution in [3.63, 3.8) is 0 Å². The van der Waals surface area contributed by atoms with Crippen LogP contribution in [0.2, 0.25) is 0 Å². The SMILES string of the molecule is COc1ccc(C(C)NCc2nnc3n2CCCC3)cc1. The molecular weight excluding hydrogens is 264 g/mol. The van der Waals surface area contributed by atoms with Crippen LogP contribution in [0.25, 0.3) is 0 Å². The highest BCUT2D eigenvalue weighted by molar-refractivity contribution is 5.28. The number of hydrogen-bond donors (Lipinski definition) is 1. The van der Waals surface area contributed by atoms with E-state index < -0.39 is 0 Å². The lowest BCUT2D eigenvalue weighted by molar-refractivity contribution is 0.414. The number of hydrogen-bond acceptors (Lipinski definition) is 4. The largest absolute Gasteiger partial charge is 0.497 e. The highest BCUT2D eigenvalue weighted by Crippen LogP contribution is 2.18. The number of fused-ring (bicyclic) bond motifs is 1. The summed E-state index contributed by atoms with van der Waals surface area (Å²) in [5, 5.41) is 12.1. The minimum atomic E-state index is 0.271. The second kappa shape index (κ2) is 6.26. The monoisotopic (exact) mass is 286 g/mol. The molecule has 1 unspecified atom stereocenters. The van der Waals surface area contributed by atoms with Crippen LogP contribution in [-0.4, -0.2) is 21.9 Å². The smallest absolute Gasteiger partial charge is 0.147 e. The van der Waals surface area contributed by atoms with Crippen molar-refractivity contribution in [3.8, 4) is 5.75 Å². The lowest BCUT2D eigenvalue weighted by Gasteiger charge is -2.17. The molecule has 1 aliphatic heterocycles. The zero-order valence-corrected chi connectivity index (χ0v) is 12.7. The van der Waals surface area contributed by atoms with Crippen LogP contribution in [0.3, 0.4) is 0 Å². The number of nitrogens with zero attached hydrogens (tertiary/aromatic N) is 3. The molecule has 2 heterocycles. The third-order valence-corrected chi connectivity index (χ3v) is 4.12. The Labute approximate surface area is 125 Å². The molecule has 0 radical (unpaired) electrons. The van der Waals surface area contributed by atoms with Gasteiger partial charge >= 0.3 is 0 Å². The van der Waals surface area contributed by atoms with E-state index in [1.54, 1.807) is 7.11 Å². The number of methoxy groups -OCH3 is 1. The minimum Gasteiger partial charge on any atom is -0.497 e. The van der Waals surface area contributed by atoms with E-state index in [0.29, 0.717) is 0 Å². The van der Waals surface area contributed by atoms with E-state index in [1.807, 2.05) is 12.1 Å². The van der Waals surface area contributed by atoms with Gasteiger partial charge in [-0.15, -0.1) is 10.2 Å². The quantitative estimate of drug-likeness (QED) is 0.917. The van der Waals surface area contributed by atoms with Gasteiger partial charge in [0.15, 0.2) is 0 Å². The van der Waals surface area contributed by atoms with Crippen molar-refractivity contribution in [2.45, 2.75) is 45.3 Å². The highest BCUT2D eigenvalue weighted by atomic mass is 16.5. The maximum Gasteiger partial charge on any atom is 0.147 e. The Balaban J connectivity index is 1.62. The molecule has 1 aliphatic rings. The molecule has 112 valence electrons. The van der Waals surface area contributed by atoms with Gasteiger partial charge in [0.2, 0.25) is 0 Å². The molecule has 2 aromatic rings. The van der Waals surface area contributed by atoms with E-state index in [-0.39, 0.29) is 6.04 Å². The Bertz CT molecular complexity index is 591. The predicted molar refractivity (Wildman–Crippen MR) is 81.2 cm³/mol. The molecule has 0 aliphatic carbocycles. The van der Waals surface area contributed by atoms with Crippen molar-refractivity contribution >= 4 is 0 Å². The first kappa shape index (κ1) is 14.1. The molecule has 5 heteroatoms. The normalized spacial score (nSPS) is 15.5. The van der Waals surface area contributed by atoms with E-state index in [4.69, 9.17) is 4.74 Å². The molecule has 1 atom stereocenters. The van der Waals surface area contributed by atoms with Crippen molar-refractivity contribution in [3.05, 3.63) is 41.5 Å². The van der Waals surface area contributed by atoms with Gasteiger partial charge in [0.1, 0.15) is 17.4 Å². The number of benzene rings is 1. The molecule has 0 saturated heterocycles. The Kier molecular flexibility index (Phi) is 4.20. The Morgan fingerprint density at radius 2 is 2.05 bits per heavy atom. The first-order chi connectivity index (χ1) is 10.3.